The molecule has 2 unspecified atom stereocenters. The van der Waals surface area contributed by atoms with E-state index in [1.54, 1.807) is 0 Å². The van der Waals surface area contributed by atoms with E-state index in [1.165, 1.54) is 10.6 Å². The second kappa shape index (κ2) is 3.94. The van der Waals surface area contributed by atoms with Gasteiger partial charge in [-0.05, 0) is 0 Å². The maximum absolute atomic E-state index is 12.9. The number of amides is 3. The molecule has 1 rings (SSSR count). The third-order valence-corrected chi connectivity index (χ3v) is 1.49. The van der Waals surface area contributed by atoms with Crippen molar-refractivity contribution in [1.82, 2.24) is 10.6 Å². The van der Waals surface area contributed by atoms with Gasteiger partial charge in [-0.2, -0.15) is 13.2 Å². The third kappa shape index (κ3) is 2.58. The molecule has 0 aromatic heterocycles. The van der Waals surface area contributed by atoms with Gasteiger partial charge in [0.1, 0.15) is 0 Å². The van der Waals surface area contributed by atoms with Crippen LogP contribution in [0.25, 0.3) is 0 Å². The zero-order chi connectivity index (χ0) is 12.5. The van der Waals surface area contributed by atoms with Crippen LogP contribution in [0.2, 0.25) is 0 Å². The normalized spacial score (nSPS) is 25.8. The molecule has 0 aromatic carbocycles. The van der Waals surface area contributed by atoms with Crippen molar-refractivity contribution in [3.8, 4) is 0 Å². The first kappa shape index (κ1) is 12.2. The fraction of sp³-hybridized carbons (Fsp3) is 0.500. The third-order valence-electron chi connectivity index (χ3n) is 1.49. The van der Waals surface area contributed by atoms with Gasteiger partial charge in [0, 0.05) is 0 Å². The van der Waals surface area contributed by atoms with Gasteiger partial charge in [-0.15, -0.1) is 0 Å². The molecule has 0 aliphatic carbocycles. The van der Waals surface area contributed by atoms with Crippen molar-refractivity contribution in [1.29, 1.82) is 0 Å². The fourth-order valence-corrected chi connectivity index (χ4v) is 0.828. The molecule has 1 aliphatic rings. The number of carbonyl (C=O) groups is 3. The molecule has 1 fully saturated rings. The molecule has 0 aromatic rings. The number of ether oxygens (including phenoxy) is 1. The molecule has 2 atom stereocenters. The van der Waals surface area contributed by atoms with Crippen molar-refractivity contribution >= 4 is 17.9 Å². The molecule has 2 N–H and O–H groups in total. The Morgan fingerprint density at radius 2 is 1.88 bits per heavy atom. The molecule has 3 amide bonds. The second-order valence-corrected chi connectivity index (χ2v) is 2.69. The first-order valence-corrected chi connectivity index (χ1v) is 3.75. The zero-order valence-electron chi connectivity index (χ0n) is 7.30. The molecule has 16 heavy (non-hydrogen) atoms. The van der Waals surface area contributed by atoms with Crippen molar-refractivity contribution in [2.75, 3.05) is 0 Å². The topological polar surface area (TPSA) is 84.5 Å². The lowest BCUT2D eigenvalue weighted by Gasteiger charge is -2.26. The predicted molar refractivity (Wildman–Crippen MR) is 37.5 cm³/mol. The van der Waals surface area contributed by atoms with E-state index in [-0.39, 0.29) is 0 Å². The molecule has 0 bridgehead atoms. The molecule has 6 nitrogen and oxygen atoms in total. The van der Waals surface area contributed by atoms with Crippen LogP contribution in [0.5, 0.6) is 0 Å². The Kier molecular flexibility index (Phi) is 3.01. The summed E-state index contributed by atoms with van der Waals surface area (Å²) in [7, 11) is 0. The van der Waals surface area contributed by atoms with Crippen LogP contribution >= 0.6 is 0 Å². The largest absolute Gasteiger partial charge is 0.491 e. The molecule has 0 saturated carbocycles. The average molecular weight is 244 g/mol. The lowest BCUT2D eigenvalue weighted by atomic mass is 10.3. The highest BCUT2D eigenvalue weighted by molar-refractivity contribution is 5.99. The Balaban J connectivity index is 2.69. The molecule has 0 spiro atoms. The minimum absolute atomic E-state index is 1.25. The first-order valence-electron chi connectivity index (χ1n) is 3.75. The van der Waals surface area contributed by atoms with Gasteiger partial charge in [-0.1, -0.05) is 0 Å². The van der Waals surface area contributed by atoms with Gasteiger partial charge in [0.15, 0.2) is 0 Å². The van der Waals surface area contributed by atoms with Crippen LogP contribution < -0.4 is 10.6 Å². The summed E-state index contributed by atoms with van der Waals surface area (Å²) in [5.74, 6) is -4.18. The van der Waals surface area contributed by atoms with Crippen LogP contribution in [0.1, 0.15) is 0 Å². The summed E-state index contributed by atoms with van der Waals surface area (Å²) in [6, 6.07) is -1.25. The number of nitrogens with one attached hydrogen (secondary N) is 2. The zero-order valence-corrected chi connectivity index (χ0v) is 7.30. The molecule has 1 aliphatic heterocycles. The molecule has 0 radical (unpaired) electrons. The van der Waals surface area contributed by atoms with Gasteiger partial charge in [0.25, 0.3) is 5.91 Å². The maximum atomic E-state index is 12.9. The van der Waals surface area contributed by atoms with E-state index in [2.05, 4.69) is 4.74 Å². The fourth-order valence-electron chi connectivity index (χ4n) is 0.828. The summed E-state index contributed by atoms with van der Waals surface area (Å²) in [6.45, 7) is 0. The number of urea groups is 1. The Bertz CT molecular complexity index is 342. The molecule has 10 heteroatoms. The highest BCUT2D eigenvalue weighted by Gasteiger charge is 2.46. The minimum atomic E-state index is -5.33. The summed E-state index contributed by atoms with van der Waals surface area (Å²) < 4.78 is 51.6. The molecule has 1 saturated heterocycles. The van der Waals surface area contributed by atoms with Crippen molar-refractivity contribution in [3.63, 3.8) is 0 Å². The van der Waals surface area contributed by atoms with Crippen LogP contribution in [0, 0.1) is 0 Å². The minimum Gasteiger partial charge on any atom is -0.431 e. The molecular weight excluding hydrogens is 240 g/mol. The Morgan fingerprint density at radius 1 is 1.31 bits per heavy atom. The van der Waals surface area contributed by atoms with E-state index < -0.39 is 36.5 Å². The number of esters is 1. The lowest BCUT2D eigenvalue weighted by molar-refractivity contribution is -0.209. The monoisotopic (exact) mass is 244 g/mol. The number of hydrogen-bond acceptors (Lipinski definition) is 4. The van der Waals surface area contributed by atoms with Gasteiger partial charge in [0.05, 0.1) is 0 Å². The summed E-state index contributed by atoms with van der Waals surface area (Å²) in [5, 5.41) is 2.95. The second-order valence-electron chi connectivity index (χ2n) is 2.69. The Hall–Kier alpha value is -1.87. The van der Waals surface area contributed by atoms with E-state index in [9.17, 15) is 31.9 Å². The quantitative estimate of drug-likeness (QED) is 0.485. The standard InChI is InChI=1S/C6H4F4N2O4/c7-1-2(13)11-5(15)12-3(1)16-4(14)6(8,9)10/h1,3H,(H2,11,12,13,15). The number of rotatable bonds is 1. The number of alkyl halides is 4. The highest BCUT2D eigenvalue weighted by Crippen LogP contribution is 2.18. The number of halogens is 4. The van der Waals surface area contributed by atoms with E-state index in [1.807, 2.05) is 0 Å². The van der Waals surface area contributed by atoms with E-state index >= 15 is 0 Å². The molecule has 90 valence electrons. The van der Waals surface area contributed by atoms with E-state index in [0.717, 1.165) is 0 Å². The van der Waals surface area contributed by atoms with Crippen LogP contribution in [-0.4, -0.2) is 36.5 Å². The molecular formula is C6H4F4N2O4. The van der Waals surface area contributed by atoms with Gasteiger partial charge >= 0.3 is 18.2 Å². The first-order chi connectivity index (χ1) is 7.21. The van der Waals surface area contributed by atoms with Crippen molar-refractivity contribution in [2.24, 2.45) is 0 Å². The van der Waals surface area contributed by atoms with Gasteiger partial charge in [-0.25, -0.2) is 14.0 Å². The SMILES string of the molecule is O=C1NC(=O)C(F)C(OC(=O)C(F)(F)F)N1. The maximum Gasteiger partial charge on any atom is 0.491 e. The van der Waals surface area contributed by atoms with Gasteiger partial charge in [-0.3, -0.25) is 15.4 Å². The summed E-state index contributed by atoms with van der Waals surface area (Å²) in [6.07, 6.45) is -10.2. The number of hydrogen-bond donors (Lipinski definition) is 2. The number of carbonyl (C=O) groups excluding carboxylic acids is 3. The summed E-state index contributed by atoms with van der Waals surface area (Å²) in [4.78, 5) is 31.5. The summed E-state index contributed by atoms with van der Waals surface area (Å²) >= 11 is 0. The van der Waals surface area contributed by atoms with Crippen LogP contribution in [-0.2, 0) is 14.3 Å². The van der Waals surface area contributed by atoms with E-state index in [4.69, 9.17) is 0 Å². The Labute approximate surface area is 84.9 Å². The van der Waals surface area contributed by atoms with Crippen LogP contribution in [0.15, 0.2) is 0 Å². The Morgan fingerprint density at radius 3 is 2.38 bits per heavy atom. The van der Waals surface area contributed by atoms with Crippen LogP contribution in [0.4, 0.5) is 22.4 Å². The highest BCUT2D eigenvalue weighted by atomic mass is 19.4. The van der Waals surface area contributed by atoms with Crippen molar-refractivity contribution in [3.05, 3.63) is 0 Å². The summed E-state index contributed by atoms with van der Waals surface area (Å²) in [5.41, 5.74) is 0. The van der Waals surface area contributed by atoms with Gasteiger partial charge in [0.2, 0.25) is 12.4 Å². The van der Waals surface area contributed by atoms with E-state index in [0.29, 0.717) is 0 Å². The number of imide groups is 1. The van der Waals surface area contributed by atoms with Crippen molar-refractivity contribution in [2.45, 2.75) is 18.6 Å². The van der Waals surface area contributed by atoms with Crippen LogP contribution in [0.3, 0.4) is 0 Å². The smallest absolute Gasteiger partial charge is 0.431 e. The van der Waals surface area contributed by atoms with Gasteiger partial charge < -0.3 is 4.74 Å². The average Bonchev–Trinajstić information content (AvgIpc) is 2.11. The molecule has 1 heterocycles. The lowest BCUT2D eigenvalue weighted by Crippen LogP contribution is -2.61. The van der Waals surface area contributed by atoms with Crippen molar-refractivity contribution < 1.29 is 36.7 Å². The predicted octanol–water partition coefficient (Wildman–Crippen LogP) is -0.405.